The van der Waals surface area contributed by atoms with Gasteiger partial charge in [-0.1, -0.05) is 53.3 Å². The van der Waals surface area contributed by atoms with Crippen molar-refractivity contribution in [3.8, 4) is 5.75 Å². The number of methoxy groups -OCH3 is 1. The predicted molar refractivity (Wildman–Crippen MR) is 119 cm³/mol. The number of carbonyl (C=O) groups is 1. The lowest BCUT2D eigenvalue weighted by atomic mass is 9.98. The number of amides is 1. The van der Waals surface area contributed by atoms with Crippen LogP contribution in [0.2, 0.25) is 16.6 Å². The van der Waals surface area contributed by atoms with Crippen LogP contribution in [0, 0.1) is 0 Å². The van der Waals surface area contributed by atoms with Crippen LogP contribution in [0.1, 0.15) is 52.7 Å². The molecule has 1 heterocycles. The standard InChI is InChI=1S/C23H37NO3Si/c1-15(2)28(16(3)4,17(5)6)14-22-21-12-20(27-8)10-9-18(21)11-19(13-25)24(7)23(22)26/h9-10,12,14-17,19,25H,11,13H2,1-8H3/b22-14-/t19-/m1/s1. The molecule has 0 aliphatic carbocycles. The minimum atomic E-state index is -1.95. The summed E-state index contributed by atoms with van der Waals surface area (Å²) in [7, 11) is 1.51. The van der Waals surface area contributed by atoms with Crippen molar-refractivity contribution in [1.29, 1.82) is 0 Å². The van der Waals surface area contributed by atoms with E-state index in [-0.39, 0.29) is 18.6 Å². The van der Waals surface area contributed by atoms with Gasteiger partial charge in [0.15, 0.2) is 0 Å². The van der Waals surface area contributed by atoms with Crippen LogP contribution in [0.15, 0.2) is 23.9 Å². The van der Waals surface area contributed by atoms with E-state index in [9.17, 15) is 9.90 Å². The number of likely N-dealkylation sites (N-methyl/N-ethyl adjacent to an activating group) is 1. The molecule has 0 radical (unpaired) electrons. The second kappa shape index (κ2) is 8.83. The first kappa shape index (κ1) is 22.7. The van der Waals surface area contributed by atoms with Gasteiger partial charge in [0, 0.05) is 12.6 Å². The van der Waals surface area contributed by atoms with Crippen molar-refractivity contribution < 1.29 is 14.6 Å². The number of benzene rings is 1. The number of hydrogen-bond acceptors (Lipinski definition) is 3. The van der Waals surface area contributed by atoms with Crippen LogP contribution in [0.5, 0.6) is 5.75 Å². The maximum atomic E-state index is 13.6. The van der Waals surface area contributed by atoms with Crippen LogP contribution >= 0.6 is 0 Å². The Morgan fingerprint density at radius 3 is 2.21 bits per heavy atom. The Labute approximate surface area is 171 Å². The molecule has 0 fully saturated rings. The molecule has 1 atom stereocenters. The lowest BCUT2D eigenvalue weighted by Crippen LogP contribution is -2.44. The van der Waals surface area contributed by atoms with Gasteiger partial charge in [0.2, 0.25) is 0 Å². The summed E-state index contributed by atoms with van der Waals surface area (Å²) in [6.07, 6.45) is 0.648. The van der Waals surface area contributed by atoms with Crippen LogP contribution in [0.25, 0.3) is 5.57 Å². The largest absolute Gasteiger partial charge is 0.497 e. The number of carbonyl (C=O) groups excluding carboxylic acids is 1. The quantitative estimate of drug-likeness (QED) is 0.554. The van der Waals surface area contributed by atoms with Crippen molar-refractivity contribution in [1.82, 2.24) is 4.90 Å². The second-order valence-corrected chi connectivity index (χ2v) is 14.8. The van der Waals surface area contributed by atoms with E-state index in [1.54, 1.807) is 12.0 Å². The third-order valence-corrected chi connectivity index (χ3v) is 13.6. The van der Waals surface area contributed by atoms with E-state index in [2.05, 4.69) is 47.2 Å². The Balaban J connectivity index is 2.82. The summed E-state index contributed by atoms with van der Waals surface area (Å²) in [5, 5.41) is 9.88. The molecule has 1 aromatic carbocycles. The zero-order valence-electron chi connectivity index (χ0n) is 18.7. The van der Waals surface area contributed by atoms with Gasteiger partial charge in [0.05, 0.1) is 27.8 Å². The average Bonchev–Trinajstić information content (AvgIpc) is 2.74. The Hall–Kier alpha value is -1.59. The molecule has 5 heteroatoms. The summed E-state index contributed by atoms with van der Waals surface area (Å²) in [5.41, 5.74) is 6.77. The van der Waals surface area contributed by atoms with Gasteiger partial charge in [-0.3, -0.25) is 4.79 Å². The van der Waals surface area contributed by atoms with Crippen LogP contribution in [-0.4, -0.2) is 50.8 Å². The Morgan fingerprint density at radius 1 is 1.18 bits per heavy atom. The minimum absolute atomic E-state index is 0.00452. The van der Waals surface area contributed by atoms with Gasteiger partial charge in [-0.25, -0.2) is 0 Å². The topological polar surface area (TPSA) is 49.8 Å². The first-order chi connectivity index (χ1) is 13.1. The van der Waals surface area contributed by atoms with Crippen LogP contribution in [-0.2, 0) is 11.2 Å². The molecule has 0 saturated heterocycles. The number of aliphatic hydroxyl groups excluding tert-OH is 1. The summed E-state index contributed by atoms with van der Waals surface area (Å²) in [4.78, 5) is 15.3. The fourth-order valence-corrected chi connectivity index (χ4v) is 10.8. The van der Waals surface area contributed by atoms with Crippen molar-refractivity contribution in [2.75, 3.05) is 20.8 Å². The zero-order valence-corrected chi connectivity index (χ0v) is 19.7. The molecule has 1 aliphatic rings. The predicted octanol–water partition coefficient (Wildman–Crippen LogP) is 4.67. The highest BCUT2D eigenvalue weighted by Gasteiger charge is 2.43. The van der Waals surface area contributed by atoms with Gasteiger partial charge in [0.25, 0.3) is 5.91 Å². The molecule has 1 aromatic rings. The van der Waals surface area contributed by atoms with E-state index in [1.165, 1.54) is 0 Å². The van der Waals surface area contributed by atoms with Crippen molar-refractivity contribution in [3.63, 3.8) is 0 Å². The monoisotopic (exact) mass is 403 g/mol. The average molecular weight is 404 g/mol. The van der Waals surface area contributed by atoms with Crippen molar-refractivity contribution in [3.05, 3.63) is 35.0 Å². The van der Waals surface area contributed by atoms with E-state index < -0.39 is 8.07 Å². The molecule has 4 nitrogen and oxygen atoms in total. The molecule has 28 heavy (non-hydrogen) atoms. The fraction of sp³-hybridized carbons (Fsp3) is 0.609. The highest BCUT2D eigenvalue weighted by Crippen LogP contribution is 2.45. The van der Waals surface area contributed by atoms with Gasteiger partial charge in [-0.15, -0.1) is 0 Å². The summed E-state index contributed by atoms with van der Waals surface area (Å²) in [6, 6.07) is 5.77. The summed E-state index contributed by atoms with van der Waals surface area (Å²) in [5.74, 6) is 0.762. The smallest absolute Gasteiger partial charge is 0.253 e. The molecule has 156 valence electrons. The van der Waals surface area contributed by atoms with Crippen LogP contribution in [0.3, 0.4) is 0 Å². The molecule has 1 amide bonds. The van der Waals surface area contributed by atoms with Gasteiger partial charge >= 0.3 is 0 Å². The van der Waals surface area contributed by atoms with Gasteiger partial charge < -0.3 is 14.7 Å². The third-order valence-electron chi connectivity index (χ3n) is 6.77. The lowest BCUT2D eigenvalue weighted by Gasteiger charge is -2.41. The summed E-state index contributed by atoms with van der Waals surface area (Å²) < 4.78 is 5.47. The Bertz CT molecular complexity index is 718. The number of aliphatic hydroxyl groups is 1. The van der Waals surface area contributed by atoms with Gasteiger partial charge in [-0.2, -0.15) is 0 Å². The highest BCUT2D eigenvalue weighted by molar-refractivity contribution is 6.89. The molecular weight excluding hydrogens is 366 g/mol. The van der Waals surface area contributed by atoms with Crippen molar-refractivity contribution in [2.24, 2.45) is 0 Å². The second-order valence-electron chi connectivity index (χ2n) is 9.00. The van der Waals surface area contributed by atoms with E-state index in [4.69, 9.17) is 4.74 Å². The first-order valence-electron chi connectivity index (χ1n) is 10.4. The maximum absolute atomic E-state index is 13.6. The van der Waals surface area contributed by atoms with E-state index in [1.807, 2.05) is 25.2 Å². The van der Waals surface area contributed by atoms with Gasteiger partial charge in [0.1, 0.15) is 5.75 Å². The molecule has 0 aromatic heterocycles. The number of nitrogens with zero attached hydrogens (tertiary/aromatic N) is 1. The van der Waals surface area contributed by atoms with E-state index in [0.717, 1.165) is 22.4 Å². The van der Waals surface area contributed by atoms with Crippen LogP contribution in [0.4, 0.5) is 0 Å². The number of rotatable bonds is 6. The Morgan fingerprint density at radius 2 is 1.75 bits per heavy atom. The summed E-state index contributed by atoms with van der Waals surface area (Å²) in [6.45, 7) is 13.8. The molecule has 1 N–H and O–H groups in total. The van der Waals surface area contributed by atoms with Gasteiger partial charge in [-0.05, 0) is 46.3 Å². The maximum Gasteiger partial charge on any atom is 0.253 e. The van der Waals surface area contributed by atoms with E-state index >= 15 is 0 Å². The molecular formula is C23H37NO3Si. The van der Waals surface area contributed by atoms with Crippen molar-refractivity contribution in [2.45, 2.75) is 70.6 Å². The normalized spacial score (nSPS) is 19.6. The molecule has 2 rings (SSSR count). The summed E-state index contributed by atoms with van der Waals surface area (Å²) >= 11 is 0. The molecule has 0 saturated carbocycles. The van der Waals surface area contributed by atoms with Crippen molar-refractivity contribution >= 4 is 19.6 Å². The van der Waals surface area contributed by atoms with E-state index in [0.29, 0.717) is 23.0 Å². The molecule has 0 bridgehead atoms. The number of ether oxygens (including phenoxy) is 1. The molecule has 0 unspecified atom stereocenters. The SMILES string of the molecule is COc1ccc2c(c1)/C(=C/[Si](C(C)C)(C(C)C)C(C)C)C(=O)N(C)[C@@H](CO)C2. The highest BCUT2D eigenvalue weighted by atomic mass is 28.3. The third kappa shape index (κ3) is 3.92. The number of hydrogen-bond donors (Lipinski definition) is 1. The first-order valence-corrected chi connectivity index (χ1v) is 12.7. The molecule has 1 aliphatic heterocycles. The number of fused-ring (bicyclic) bond motifs is 1. The molecule has 0 spiro atoms. The Kier molecular flexibility index (Phi) is 7.15. The lowest BCUT2D eigenvalue weighted by molar-refractivity contribution is -0.126. The fourth-order valence-electron chi connectivity index (χ4n) is 5.05. The van der Waals surface area contributed by atoms with Crippen LogP contribution < -0.4 is 4.74 Å². The zero-order chi connectivity index (χ0) is 21.2. The minimum Gasteiger partial charge on any atom is -0.497 e.